The van der Waals surface area contributed by atoms with Gasteiger partial charge >= 0.3 is 6.18 Å². The highest BCUT2D eigenvalue weighted by atomic mass is 32.2. The van der Waals surface area contributed by atoms with Gasteiger partial charge in [0, 0.05) is 5.56 Å². The maximum atomic E-state index is 13.8. The average Bonchev–Trinajstić information content (AvgIpc) is 3.65. The van der Waals surface area contributed by atoms with Crippen molar-refractivity contribution < 1.29 is 26.0 Å². The van der Waals surface area contributed by atoms with E-state index in [0.29, 0.717) is 22.3 Å². The van der Waals surface area contributed by atoms with Crippen LogP contribution in [-0.2, 0) is 10.0 Å². The number of pyridine rings is 1. The number of aromatic nitrogens is 3. The fourth-order valence-electron chi connectivity index (χ4n) is 4.36. The van der Waals surface area contributed by atoms with Gasteiger partial charge in [0.1, 0.15) is 16.9 Å². The normalized spacial score (nSPS) is 15.7. The van der Waals surface area contributed by atoms with Crippen molar-refractivity contribution in [1.29, 1.82) is 0 Å². The van der Waals surface area contributed by atoms with Crippen LogP contribution in [0.3, 0.4) is 0 Å². The molecule has 0 amide bonds. The maximum absolute atomic E-state index is 13.8. The lowest BCUT2D eigenvalue weighted by Crippen LogP contribution is -2.39. The second-order valence-electron chi connectivity index (χ2n) is 9.60. The first-order valence-electron chi connectivity index (χ1n) is 12.0. The van der Waals surface area contributed by atoms with Crippen molar-refractivity contribution in [2.45, 2.75) is 49.3 Å². The molecule has 1 saturated carbocycles. The lowest BCUT2D eigenvalue weighted by Gasteiger charge is -2.23. The zero-order chi connectivity index (χ0) is 28.2. The van der Waals surface area contributed by atoms with Crippen molar-refractivity contribution in [3.8, 4) is 11.3 Å². The van der Waals surface area contributed by atoms with Gasteiger partial charge < -0.3 is 10.6 Å². The molecule has 4 N–H and O–H groups in total. The second kappa shape index (κ2) is 9.42. The number of aryl methyl sites for hydroxylation is 1. The van der Waals surface area contributed by atoms with Gasteiger partial charge in [0.25, 0.3) is 0 Å². The topological polar surface area (TPSA) is 123 Å². The number of anilines is 2. The quantitative estimate of drug-likeness (QED) is 0.256. The molecule has 39 heavy (non-hydrogen) atoms. The molecule has 13 heteroatoms. The standard InChI is InChI=1S/C26H24F4N6O2S/c1-14-13-18(39(31,37)38)7-8-19(14)15(2)32-24-34-21-10-9-20(16-3-5-17(27)6-4-16)33-22(21)23(35-24)36-25(11-12-25)26(28,29)30/h3-10,13,15H,11-12H2,1-2H3,(H2,31,37,38)(H2,32,34,35,36). The van der Waals surface area contributed by atoms with Gasteiger partial charge in [-0.1, -0.05) is 6.07 Å². The van der Waals surface area contributed by atoms with Gasteiger partial charge in [-0.05, 0) is 86.3 Å². The van der Waals surface area contributed by atoms with Gasteiger partial charge in [-0.15, -0.1) is 0 Å². The van der Waals surface area contributed by atoms with Crippen LogP contribution in [0.1, 0.15) is 36.9 Å². The van der Waals surface area contributed by atoms with Gasteiger partial charge in [0.05, 0.1) is 22.1 Å². The van der Waals surface area contributed by atoms with Crippen LogP contribution >= 0.6 is 0 Å². The number of hydrogen-bond acceptors (Lipinski definition) is 7. The van der Waals surface area contributed by atoms with E-state index in [1.165, 1.54) is 36.4 Å². The lowest BCUT2D eigenvalue weighted by molar-refractivity contribution is -0.151. The summed E-state index contributed by atoms with van der Waals surface area (Å²) in [7, 11) is -3.88. The van der Waals surface area contributed by atoms with E-state index >= 15 is 0 Å². The molecule has 1 fully saturated rings. The van der Waals surface area contributed by atoms with Crippen LogP contribution in [0, 0.1) is 12.7 Å². The average molecular weight is 561 g/mol. The molecule has 5 rings (SSSR count). The third-order valence-electron chi connectivity index (χ3n) is 6.71. The summed E-state index contributed by atoms with van der Waals surface area (Å²) in [5, 5.41) is 10.9. The Balaban J connectivity index is 1.54. The number of nitrogens with zero attached hydrogens (tertiary/aromatic N) is 3. The highest BCUT2D eigenvalue weighted by Gasteiger charge is 2.64. The van der Waals surface area contributed by atoms with E-state index < -0.39 is 33.6 Å². The Kier molecular flexibility index (Phi) is 6.46. The highest BCUT2D eigenvalue weighted by molar-refractivity contribution is 7.89. The minimum absolute atomic E-state index is 0.0330. The van der Waals surface area contributed by atoms with E-state index in [-0.39, 0.29) is 35.0 Å². The van der Waals surface area contributed by atoms with Crippen molar-refractivity contribution in [2.75, 3.05) is 10.6 Å². The SMILES string of the molecule is Cc1cc(S(N)(=O)=O)ccc1C(C)Nc1nc(NC2(C(F)(F)F)CC2)c2nc(-c3ccc(F)cc3)ccc2n1. The molecule has 1 unspecified atom stereocenters. The van der Waals surface area contributed by atoms with Crippen LogP contribution in [0.5, 0.6) is 0 Å². The summed E-state index contributed by atoms with van der Waals surface area (Å²) >= 11 is 0. The van der Waals surface area contributed by atoms with Gasteiger partial charge in [-0.2, -0.15) is 18.2 Å². The molecule has 2 heterocycles. The van der Waals surface area contributed by atoms with Crippen LogP contribution in [0.25, 0.3) is 22.3 Å². The van der Waals surface area contributed by atoms with E-state index in [0.717, 1.165) is 5.56 Å². The molecule has 1 aliphatic rings. The van der Waals surface area contributed by atoms with Gasteiger partial charge in [0.15, 0.2) is 5.82 Å². The fraction of sp³-hybridized carbons (Fsp3) is 0.269. The van der Waals surface area contributed by atoms with Crippen molar-refractivity contribution in [3.05, 3.63) is 71.5 Å². The number of sulfonamides is 1. The van der Waals surface area contributed by atoms with Crippen molar-refractivity contribution in [1.82, 2.24) is 15.0 Å². The molecule has 1 aliphatic carbocycles. The van der Waals surface area contributed by atoms with Crippen LogP contribution in [0.15, 0.2) is 59.5 Å². The van der Waals surface area contributed by atoms with E-state index in [9.17, 15) is 26.0 Å². The third-order valence-corrected chi connectivity index (χ3v) is 7.63. The molecule has 8 nitrogen and oxygen atoms in total. The smallest absolute Gasteiger partial charge is 0.354 e. The number of fused-ring (bicyclic) bond motifs is 1. The molecule has 1 atom stereocenters. The number of hydrogen-bond donors (Lipinski definition) is 3. The zero-order valence-electron chi connectivity index (χ0n) is 20.8. The maximum Gasteiger partial charge on any atom is 0.411 e. The first kappa shape index (κ1) is 26.8. The van der Waals surface area contributed by atoms with E-state index in [2.05, 4.69) is 25.6 Å². The predicted molar refractivity (Wildman–Crippen MR) is 139 cm³/mol. The Bertz CT molecular complexity index is 1670. The molecular weight excluding hydrogens is 536 g/mol. The van der Waals surface area contributed by atoms with Crippen LogP contribution in [0.2, 0.25) is 0 Å². The lowest BCUT2D eigenvalue weighted by atomic mass is 10.0. The first-order valence-corrected chi connectivity index (χ1v) is 13.5. The Labute approximate surface area is 221 Å². The molecular formula is C26H24F4N6O2S. The number of nitrogens with one attached hydrogen (secondary N) is 2. The third kappa shape index (κ3) is 5.36. The van der Waals surface area contributed by atoms with Crippen molar-refractivity contribution in [2.24, 2.45) is 5.14 Å². The zero-order valence-corrected chi connectivity index (χ0v) is 21.7. The first-order chi connectivity index (χ1) is 18.3. The van der Waals surface area contributed by atoms with Gasteiger partial charge in [0.2, 0.25) is 16.0 Å². The largest absolute Gasteiger partial charge is 0.411 e. The molecule has 0 bridgehead atoms. The van der Waals surface area contributed by atoms with Gasteiger partial charge in [-0.3, -0.25) is 0 Å². The second-order valence-corrected chi connectivity index (χ2v) is 11.2. The minimum atomic E-state index is -4.50. The molecule has 0 aliphatic heterocycles. The number of halogens is 4. The van der Waals surface area contributed by atoms with E-state index in [1.54, 1.807) is 32.0 Å². The minimum Gasteiger partial charge on any atom is -0.354 e. The Morgan fingerprint density at radius 1 is 1.00 bits per heavy atom. The van der Waals surface area contributed by atoms with E-state index in [1.807, 2.05) is 0 Å². The summed E-state index contributed by atoms with van der Waals surface area (Å²) in [6, 6.07) is 12.8. The van der Waals surface area contributed by atoms with Crippen LogP contribution in [0.4, 0.5) is 29.3 Å². The molecule has 2 aromatic carbocycles. The molecule has 2 aromatic heterocycles. The van der Waals surface area contributed by atoms with E-state index in [4.69, 9.17) is 5.14 Å². The van der Waals surface area contributed by atoms with Crippen molar-refractivity contribution >= 4 is 32.8 Å². The number of primary sulfonamides is 1. The summed E-state index contributed by atoms with van der Waals surface area (Å²) in [6.07, 6.45) is -4.70. The van der Waals surface area contributed by atoms with Crippen LogP contribution < -0.4 is 15.8 Å². The van der Waals surface area contributed by atoms with Crippen LogP contribution in [-0.4, -0.2) is 35.1 Å². The Morgan fingerprint density at radius 3 is 2.28 bits per heavy atom. The number of rotatable bonds is 7. The molecule has 0 saturated heterocycles. The molecule has 204 valence electrons. The molecule has 0 radical (unpaired) electrons. The fourth-order valence-corrected chi connectivity index (χ4v) is 4.96. The molecule has 4 aromatic rings. The molecule has 0 spiro atoms. The Hall–Kier alpha value is -3.84. The number of alkyl halides is 3. The number of nitrogens with two attached hydrogens (primary N) is 1. The summed E-state index contributed by atoms with van der Waals surface area (Å²) in [4.78, 5) is 13.3. The highest BCUT2D eigenvalue weighted by Crippen LogP contribution is 2.51. The predicted octanol–water partition coefficient (Wildman–Crippen LogP) is 5.47. The summed E-state index contributed by atoms with van der Waals surface area (Å²) < 4.78 is 78.2. The summed E-state index contributed by atoms with van der Waals surface area (Å²) in [5.41, 5.74) is 0.692. The monoisotopic (exact) mass is 560 g/mol. The van der Waals surface area contributed by atoms with Crippen molar-refractivity contribution in [3.63, 3.8) is 0 Å². The Morgan fingerprint density at radius 2 is 1.69 bits per heavy atom. The summed E-state index contributed by atoms with van der Waals surface area (Å²) in [5.74, 6) is -0.457. The summed E-state index contributed by atoms with van der Waals surface area (Å²) in [6.45, 7) is 3.51. The van der Waals surface area contributed by atoms with Gasteiger partial charge in [-0.25, -0.2) is 27.9 Å². The number of benzene rings is 2.